The van der Waals surface area contributed by atoms with Gasteiger partial charge in [0.15, 0.2) is 0 Å². The van der Waals surface area contributed by atoms with E-state index in [4.69, 9.17) is 16.5 Å². The molecule has 0 amide bonds. The van der Waals surface area contributed by atoms with Crippen molar-refractivity contribution in [2.24, 2.45) is 4.99 Å². The second-order valence-corrected chi connectivity index (χ2v) is 8.03. The van der Waals surface area contributed by atoms with Crippen molar-refractivity contribution < 1.29 is 9.90 Å². The highest BCUT2D eigenvalue weighted by molar-refractivity contribution is 6.52. The van der Waals surface area contributed by atoms with E-state index < -0.39 is 0 Å². The first kappa shape index (κ1) is 21.4. The van der Waals surface area contributed by atoms with Crippen LogP contribution in [0.25, 0.3) is 0 Å². The lowest BCUT2D eigenvalue weighted by Gasteiger charge is -2.22. The molecule has 3 rings (SSSR count). The molecule has 1 aliphatic carbocycles. The first-order chi connectivity index (χ1) is 14.0. The van der Waals surface area contributed by atoms with Crippen molar-refractivity contribution in [2.45, 2.75) is 48.0 Å². The molecule has 2 aromatic rings. The minimum atomic E-state index is -0.257. The van der Waals surface area contributed by atoms with Crippen molar-refractivity contribution >= 4 is 28.6 Å². The average Bonchev–Trinajstić information content (AvgIpc) is 2.72. The number of carbonyl (C=O) groups is 1. The van der Waals surface area contributed by atoms with Crippen LogP contribution in [0.3, 0.4) is 0 Å². The van der Waals surface area contributed by atoms with Crippen LogP contribution >= 0.6 is 0 Å². The summed E-state index contributed by atoms with van der Waals surface area (Å²) in [5, 5.41) is 10.8. The fourth-order valence-electron chi connectivity index (χ4n) is 3.70. The molecule has 0 unspecified atom stereocenters. The average molecular weight is 404 g/mol. The Bertz CT molecular complexity index is 1170. The predicted molar refractivity (Wildman–Crippen MR) is 124 cm³/mol. The zero-order valence-corrected chi connectivity index (χ0v) is 18.5. The third-order valence-electron chi connectivity index (χ3n) is 6.35. The molecule has 0 aliphatic heterocycles. The van der Waals surface area contributed by atoms with Gasteiger partial charge in [-0.05, 0) is 93.1 Å². The summed E-state index contributed by atoms with van der Waals surface area (Å²) in [6.07, 6.45) is 0.494. The molecule has 30 heavy (non-hydrogen) atoms. The van der Waals surface area contributed by atoms with Crippen molar-refractivity contribution in [3.05, 3.63) is 74.6 Å². The van der Waals surface area contributed by atoms with Gasteiger partial charge in [-0.2, -0.15) is 0 Å². The van der Waals surface area contributed by atoms with E-state index in [1.807, 2.05) is 52.8 Å². The lowest BCUT2D eigenvalue weighted by atomic mass is 9.85. The molecule has 0 fully saturated rings. The molecular weight excluding hydrogens is 374 g/mol. The van der Waals surface area contributed by atoms with Crippen LogP contribution in [-0.2, 0) is 11.2 Å². The Morgan fingerprint density at radius 2 is 1.37 bits per heavy atom. The molecule has 0 saturated carbocycles. The molecule has 0 atom stereocenters. The quantitative estimate of drug-likeness (QED) is 0.488. The molecule has 0 spiro atoms. The molecule has 5 nitrogen and oxygen atoms in total. The van der Waals surface area contributed by atoms with Gasteiger partial charge in [-0.15, -0.1) is 0 Å². The van der Waals surface area contributed by atoms with Crippen LogP contribution in [0.1, 0.15) is 41.7 Å². The van der Waals surface area contributed by atoms with Gasteiger partial charge in [0.25, 0.3) is 0 Å². The van der Waals surface area contributed by atoms with E-state index in [-0.39, 0.29) is 11.5 Å². The number of aliphatic hydroxyl groups is 1. The number of rotatable bonds is 3. The second-order valence-electron chi connectivity index (χ2n) is 8.03. The monoisotopic (exact) mass is 403 g/mol. The fraction of sp³-hybridized carbons (Fsp3) is 0.280. The SMILES string of the molecule is CC1=C(O)C(Cc2ccc(N)c(C)c2C)=C(C)C(=Nc2ccc(N)c(C)c2C)C1=O. The van der Waals surface area contributed by atoms with Gasteiger partial charge in [0.1, 0.15) is 11.5 Å². The summed E-state index contributed by atoms with van der Waals surface area (Å²) >= 11 is 0. The summed E-state index contributed by atoms with van der Waals surface area (Å²) in [5.74, 6) is -0.219. The van der Waals surface area contributed by atoms with E-state index in [2.05, 4.69) is 0 Å². The molecular formula is C25H29N3O2. The van der Waals surface area contributed by atoms with Crippen LogP contribution in [-0.4, -0.2) is 16.6 Å². The molecule has 5 N–H and O–H groups in total. The Morgan fingerprint density at radius 1 is 0.800 bits per heavy atom. The van der Waals surface area contributed by atoms with Crippen molar-refractivity contribution in [2.75, 3.05) is 11.5 Å². The zero-order chi connectivity index (χ0) is 22.3. The highest BCUT2D eigenvalue weighted by atomic mass is 16.3. The maximum absolute atomic E-state index is 13.0. The van der Waals surface area contributed by atoms with Gasteiger partial charge >= 0.3 is 0 Å². The molecule has 2 aromatic carbocycles. The third kappa shape index (κ3) is 3.52. The third-order valence-corrected chi connectivity index (χ3v) is 6.35. The number of aliphatic hydroxyl groups excluding tert-OH is 1. The Balaban J connectivity index is 2.15. The van der Waals surface area contributed by atoms with Crippen LogP contribution in [0, 0.1) is 27.7 Å². The Labute approximate surface area is 177 Å². The number of nitrogens with zero attached hydrogens (tertiary/aromatic N) is 1. The number of aliphatic imine (C=N–C) groups is 1. The number of allylic oxidation sites excluding steroid dienone is 3. The molecule has 1 aliphatic rings. The number of anilines is 2. The van der Waals surface area contributed by atoms with Crippen LogP contribution in [0.5, 0.6) is 0 Å². The summed E-state index contributed by atoms with van der Waals surface area (Å²) in [7, 11) is 0. The Kier molecular flexibility index (Phi) is 5.57. The normalized spacial score (nSPS) is 16.1. The standard InChI is InChI=1S/C25H29N3O2/c1-12-13(2)20(26)8-7-18(12)11-19-16(5)23(25(30)17(6)24(19)29)28-22-10-9-21(27)14(3)15(22)4/h7-10,29H,11,26-27H2,1-6H3. The lowest BCUT2D eigenvalue weighted by Crippen LogP contribution is -2.25. The highest BCUT2D eigenvalue weighted by Crippen LogP contribution is 2.33. The molecule has 156 valence electrons. The van der Waals surface area contributed by atoms with Crippen LogP contribution in [0.15, 0.2) is 51.7 Å². The van der Waals surface area contributed by atoms with E-state index in [9.17, 15) is 9.90 Å². The predicted octanol–water partition coefficient (Wildman–Crippen LogP) is 5.13. The van der Waals surface area contributed by atoms with Gasteiger partial charge in [-0.3, -0.25) is 4.79 Å². The topological polar surface area (TPSA) is 102 Å². The number of hydrogen-bond donors (Lipinski definition) is 3. The summed E-state index contributed by atoms with van der Waals surface area (Å²) in [6, 6.07) is 7.48. The number of Topliss-reactive ketones (excluding diaryl/α,β-unsaturated/α-hetero) is 1. The van der Waals surface area contributed by atoms with Crippen LogP contribution in [0.4, 0.5) is 17.1 Å². The van der Waals surface area contributed by atoms with Gasteiger partial charge in [0, 0.05) is 28.9 Å². The number of nitrogen functional groups attached to an aromatic ring is 2. The summed E-state index contributed by atoms with van der Waals surface area (Å²) in [4.78, 5) is 17.7. The van der Waals surface area contributed by atoms with E-state index in [0.717, 1.165) is 33.5 Å². The van der Waals surface area contributed by atoms with Crippen molar-refractivity contribution in [1.29, 1.82) is 0 Å². The van der Waals surface area contributed by atoms with E-state index in [1.165, 1.54) is 0 Å². The van der Waals surface area contributed by atoms with Gasteiger partial charge < -0.3 is 16.6 Å². The molecule has 0 heterocycles. The number of nitrogens with two attached hydrogens (primary N) is 2. The minimum absolute atomic E-state index is 0.0375. The van der Waals surface area contributed by atoms with Gasteiger partial charge in [-0.1, -0.05) is 6.07 Å². The zero-order valence-electron chi connectivity index (χ0n) is 18.5. The first-order valence-electron chi connectivity index (χ1n) is 9.98. The van der Waals surface area contributed by atoms with Crippen LogP contribution in [0.2, 0.25) is 0 Å². The van der Waals surface area contributed by atoms with Crippen molar-refractivity contribution in [3.63, 3.8) is 0 Å². The number of carbonyl (C=O) groups excluding carboxylic acids is 1. The number of ketones is 1. The van der Waals surface area contributed by atoms with E-state index in [1.54, 1.807) is 13.0 Å². The maximum Gasteiger partial charge on any atom is 0.211 e. The van der Waals surface area contributed by atoms with Crippen LogP contribution < -0.4 is 11.5 Å². The van der Waals surface area contributed by atoms with Gasteiger partial charge in [0.05, 0.1) is 5.69 Å². The summed E-state index contributed by atoms with van der Waals surface area (Å²) < 4.78 is 0. The molecule has 0 bridgehead atoms. The largest absolute Gasteiger partial charge is 0.507 e. The molecule has 5 heteroatoms. The van der Waals surface area contributed by atoms with Crippen molar-refractivity contribution in [3.8, 4) is 0 Å². The smallest absolute Gasteiger partial charge is 0.211 e. The second kappa shape index (κ2) is 7.82. The molecule has 0 aromatic heterocycles. The Morgan fingerprint density at radius 3 is 2.00 bits per heavy atom. The van der Waals surface area contributed by atoms with Crippen molar-refractivity contribution in [1.82, 2.24) is 0 Å². The van der Waals surface area contributed by atoms with E-state index in [0.29, 0.717) is 40.2 Å². The summed E-state index contributed by atoms with van der Waals surface area (Å²) in [6.45, 7) is 11.4. The molecule has 0 radical (unpaired) electrons. The lowest BCUT2D eigenvalue weighted by molar-refractivity contribution is -0.109. The number of hydrogen-bond acceptors (Lipinski definition) is 5. The fourth-order valence-corrected chi connectivity index (χ4v) is 3.70. The highest BCUT2D eigenvalue weighted by Gasteiger charge is 2.29. The minimum Gasteiger partial charge on any atom is -0.507 e. The van der Waals surface area contributed by atoms with Gasteiger partial charge in [0.2, 0.25) is 5.78 Å². The maximum atomic E-state index is 13.0. The Hall–Kier alpha value is -3.34. The van der Waals surface area contributed by atoms with E-state index >= 15 is 0 Å². The van der Waals surface area contributed by atoms with Gasteiger partial charge in [-0.25, -0.2) is 4.99 Å². The number of benzene rings is 2. The molecule has 0 saturated heterocycles. The first-order valence-corrected chi connectivity index (χ1v) is 9.98. The summed E-state index contributed by atoms with van der Waals surface area (Å²) in [5.41, 5.74) is 21.3.